The van der Waals surface area contributed by atoms with Gasteiger partial charge in [0.2, 0.25) is 0 Å². The fraction of sp³-hybridized carbons (Fsp3) is 0.333. The Morgan fingerprint density at radius 2 is 1.90 bits per heavy atom. The number of halogens is 3. The lowest BCUT2D eigenvalue weighted by molar-refractivity contribution is -0.141. The molecule has 1 unspecified atom stereocenters. The number of nitrogens with zero attached hydrogens (tertiary/aromatic N) is 1. The molecule has 1 aromatic rings. The number of rotatable bonds is 4. The molecule has 20 heavy (non-hydrogen) atoms. The van der Waals surface area contributed by atoms with E-state index >= 15 is 0 Å². The van der Waals surface area contributed by atoms with Crippen LogP contribution in [0.2, 0.25) is 10.0 Å². The SMILES string of the molecule is CCC(C(=O)O)N(C)C(=O)Nc1c(Cl)cc(Br)cc1Cl. The second-order valence-electron chi connectivity index (χ2n) is 4.05. The number of hydrogen-bond acceptors (Lipinski definition) is 2. The van der Waals surface area contributed by atoms with Crippen molar-refractivity contribution >= 4 is 56.8 Å². The van der Waals surface area contributed by atoms with E-state index in [1.54, 1.807) is 19.1 Å². The van der Waals surface area contributed by atoms with Crippen LogP contribution in [0.15, 0.2) is 16.6 Å². The van der Waals surface area contributed by atoms with Crippen LogP contribution in [0.1, 0.15) is 13.3 Å². The van der Waals surface area contributed by atoms with Gasteiger partial charge in [0.25, 0.3) is 0 Å². The van der Waals surface area contributed by atoms with E-state index in [0.717, 1.165) is 4.90 Å². The Bertz CT molecular complexity index is 516. The average Bonchev–Trinajstić information content (AvgIpc) is 2.33. The number of carboxylic acid groups (broad SMARTS) is 1. The summed E-state index contributed by atoms with van der Waals surface area (Å²) in [6.07, 6.45) is 0.293. The highest BCUT2D eigenvalue weighted by atomic mass is 79.9. The topological polar surface area (TPSA) is 69.6 Å². The summed E-state index contributed by atoms with van der Waals surface area (Å²) in [5.74, 6) is -1.07. The number of carbonyl (C=O) groups is 2. The van der Waals surface area contributed by atoms with Crippen molar-refractivity contribution in [3.8, 4) is 0 Å². The summed E-state index contributed by atoms with van der Waals surface area (Å²) in [6, 6.07) is 1.66. The highest BCUT2D eigenvalue weighted by Gasteiger charge is 2.25. The molecule has 5 nitrogen and oxygen atoms in total. The minimum Gasteiger partial charge on any atom is -0.480 e. The van der Waals surface area contributed by atoms with Gasteiger partial charge in [0.1, 0.15) is 6.04 Å². The first kappa shape index (κ1) is 17.1. The van der Waals surface area contributed by atoms with E-state index in [2.05, 4.69) is 21.2 Å². The van der Waals surface area contributed by atoms with Crippen LogP contribution < -0.4 is 5.32 Å². The first-order valence-electron chi connectivity index (χ1n) is 5.69. The zero-order valence-electron chi connectivity index (χ0n) is 10.8. The molecular formula is C12H13BrCl2N2O3. The molecule has 1 atom stereocenters. The highest BCUT2D eigenvalue weighted by molar-refractivity contribution is 9.10. The van der Waals surface area contributed by atoms with Gasteiger partial charge in [-0.25, -0.2) is 9.59 Å². The van der Waals surface area contributed by atoms with Gasteiger partial charge in [-0.2, -0.15) is 0 Å². The molecule has 0 heterocycles. The van der Waals surface area contributed by atoms with Gasteiger partial charge in [-0.15, -0.1) is 0 Å². The molecule has 0 saturated heterocycles. The highest BCUT2D eigenvalue weighted by Crippen LogP contribution is 2.34. The number of likely N-dealkylation sites (N-methyl/N-ethyl adjacent to an activating group) is 1. The predicted molar refractivity (Wildman–Crippen MR) is 82.7 cm³/mol. The van der Waals surface area contributed by atoms with Gasteiger partial charge in [-0.05, 0) is 18.6 Å². The molecule has 2 amide bonds. The Balaban J connectivity index is 2.94. The molecule has 0 radical (unpaired) electrons. The lowest BCUT2D eigenvalue weighted by Crippen LogP contribution is -2.44. The summed E-state index contributed by atoms with van der Waals surface area (Å²) >= 11 is 15.2. The lowest BCUT2D eigenvalue weighted by Gasteiger charge is -2.24. The summed E-state index contributed by atoms with van der Waals surface area (Å²) in [5.41, 5.74) is 0.244. The summed E-state index contributed by atoms with van der Waals surface area (Å²) in [7, 11) is 1.40. The molecule has 0 aliphatic carbocycles. The monoisotopic (exact) mass is 382 g/mol. The summed E-state index contributed by atoms with van der Waals surface area (Å²) in [4.78, 5) is 24.2. The van der Waals surface area contributed by atoms with E-state index in [4.69, 9.17) is 28.3 Å². The van der Waals surface area contributed by atoms with Crippen LogP contribution in [0.25, 0.3) is 0 Å². The first-order valence-corrected chi connectivity index (χ1v) is 7.24. The van der Waals surface area contributed by atoms with Gasteiger partial charge in [-0.3, -0.25) is 0 Å². The number of aliphatic carboxylic acids is 1. The van der Waals surface area contributed by atoms with Crippen LogP contribution in [-0.4, -0.2) is 35.1 Å². The number of hydrogen-bond donors (Lipinski definition) is 2. The molecule has 0 bridgehead atoms. The third-order valence-corrected chi connectivity index (χ3v) is 3.75. The number of urea groups is 1. The fourth-order valence-electron chi connectivity index (χ4n) is 1.61. The molecule has 0 aromatic heterocycles. The molecule has 110 valence electrons. The van der Waals surface area contributed by atoms with Gasteiger partial charge in [0, 0.05) is 11.5 Å². The van der Waals surface area contributed by atoms with Crippen molar-refractivity contribution < 1.29 is 14.7 Å². The standard InChI is InChI=1S/C12H13BrCl2N2O3/c1-3-9(11(18)19)17(2)12(20)16-10-7(14)4-6(13)5-8(10)15/h4-5,9H,3H2,1-2H3,(H,16,20)(H,18,19). The number of nitrogens with one attached hydrogen (secondary N) is 1. The molecule has 0 spiro atoms. The van der Waals surface area contributed by atoms with Gasteiger partial charge in [-0.1, -0.05) is 46.1 Å². The first-order chi connectivity index (χ1) is 9.27. The summed E-state index contributed by atoms with van der Waals surface area (Å²) in [6.45, 7) is 1.68. The maximum Gasteiger partial charge on any atom is 0.326 e. The molecule has 2 N–H and O–H groups in total. The van der Waals surface area contributed by atoms with E-state index in [9.17, 15) is 9.59 Å². The van der Waals surface area contributed by atoms with Crippen molar-refractivity contribution in [1.29, 1.82) is 0 Å². The number of carboxylic acids is 1. The van der Waals surface area contributed by atoms with E-state index in [1.807, 2.05) is 0 Å². The van der Waals surface area contributed by atoms with Crippen LogP contribution in [-0.2, 0) is 4.79 Å². The molecule has 0 fully saturated rings. The molecule has 0 aliphatic heterocycles. The normalized spacial score (nSPS) is 11.8. The smallest absolute Gasteiger partial charge is 0.326 e. The van der Waals surface area contributed by atoms with Crippen molar-refractivity contribution in [2.75, 3.05) is 12.4 Å². The summed E-state index contributed by atoms with van der Waals surface area (Å²) < 4.78 is 0.677. The molecule has 0 aliphatic rings. The van der Waals surface area contributed by atoms with E-state index in [-0.39, 0.29) is 15.7 Å². The predicted octanol–water partition coefficient (Wildman–Crippen LogP) is 4.08. The summed E-state index contributed by atoms with van der Waals surface area (Å²) in [5, 5.41) is 12.1. The largest absolute Gasteiger partial charge is 0.480 e. The lowest BCUT2D eigenvalue weighted by atomic mass is 10.2. The third-order valence-electron chi connectivity index (χ3n) is 2.70. The molecule has 8 heteroatoms. The van der Waals surface area contributed by atoms with Crippen LogP contribution >= 0.6 is 39.1 Å². The van der Waals surface area contributed by atoms with Crippen LogP contribution in [0.3, 0.4) is 0 Å². The van der Waals surface area contributed by atoms with Crippen molar-refractivity contribution in [2.24, 2.45) is 0 Å². The number of benzene rings is 1. The minimum absolute atomic E-state index is 0.244. The molecule has 0 saturated carbocycles. The van der Waals surface area contributed by atoms with Gasteiger partial charge in [0.05, 0.1) is 15.7 Å². The Morgan fingerprint density at radius 1 is 1.40 bits per heavy atom. The number of amides is 2. The third kappa shape index (κ3) is 4.01. The molecule has 1 aromatic carbocycles. The molecule has 1 rings (SSSR count). The van der Waals surface area contributed by atoms with E-state index < -0.39 is 18.0 Å². The number of anilines is 1. The average molecular weight is 384 g/mol. The van der Waals surface area contributed by atoms with Crippen molar-refractivity contribution in [2.45, 2.75) is 19.4 Å². The van der Waals surface area contributed by atoms with Crippen LogP contribution in [0.4, 0.5) is 10.5 Å². The van der Waals surface area contributed by atoms with E-state index in [0.29, 0.717) is 10.9 Å². The Kier molecular flexibility index (Phi) is 6.10. The zero-order valence-corrected chi connectivity index (χ0v) is 13.9. The van der Waals surface area contributed by atoms with Crippen molar-refractivity contribution in [1.82, 2.24) is 4.90 Å². The van der Waals surface area contributed by atoms with Gasteiger partial charge < -0.3 is 15.3 Å². The molecular weight excluding hydrogens is 371 g/mol. The zero-order chi connectivity index (χ0) is 15.4. The van der Waals surface area contributed by atoms with Crippen LogP contribution in [0.5, 0.6) is 0 Å². The Labute approximate surface area is 135 Å². The maximum atomic E-state index is 12.0. The fourth-order valence-corrected chi connectivity index (χ4v) is 2.92. The number of carbonyl (C=O) groups excluding carboxylic acids is 1. The Morgan fingerprint density at radius 3 is 2.30 bits per heavy atom. The second kappa shape index (κ2) is 7.15. The van der Waals surface area contributed by atoms with Gasteiger partial charge in [0.15, 0.2) is 0 Å². The minimum atomic E-state index is -1.07. The van der Waals surface area contributed by atoms with E-state index in [1.165, 1.54) is 7.05 Å². The van der Waals surface area contributed by atoms with Crippen molar-refractivity contribution in [3.63, 3.8) is 0 Å². The maximum absolute atomic E-state index is 12.0. The van der Waals surface area contributed by atoms with Crippen molar-refractivity contribution in [3.05, 3.63) is 26.7 Å². The quantitative estimate of drug-likeness (QED) is 0.822. The second-order valence-corrected chi connectivity index (χ2v) is 5.78. The van der Waals surface area contributed by atoms with Crippen LogP contribution in [0, 0.1) is 0 Å². The van der Waals surface area contributed by atoms with Gasteiger partial charge >= 0.3 is 12.0 Å². The Hall–Kier alpha value is -0.980.